The largest absolute Gasteiger partial charge is 0.494 e. The Labute approximate surface area is 239 Å². The Balaban J connectivity index is 1.41. The van der Waals surface area contributed by atoms with E-state index in [9.17, 15) is 4.79 Å². The number of rotatable bonds is 10. The number of amides is 1. The molecule has 5 rings (SSSR count). The van der Waals surface area contributed by atoms with Crippen LogP contribution >= 0.6 is 0 Å². The molecule has 3 N–H and O–H groups in total. The number of nitrogens with zero attached hydrogens (tertiary/aromatic N) is 7. The van der Waals surface area contributed by atoms with Crippen LogP contribution in [0.25, 0.3) is 5.69 Å². The van der Waals surface area contributed by atoms with Gasteiger partial charge in [-0.15, -0.1) is 4.80 Å². The van der Waals surface area contributed by atoms with E-state index in [4.69, 9.17) is 4.74 Å². The number of carbonyl (C=O) groups excluding carboxylic acids is 1. The molecule has 212 valence electrons. The van der Waals surface area contributed by atoms with Crippen molar-refractivity contribution in [1.82, 2.24) is 29.9 Å². The van der Waals surface area contributed by atoms with E-state index in [1.807, 2.05) is 36.4 Å². The number of aromatic nitrogens is 5. The first kappa shape index (κ1) is 27.6. The van der Waals surface area contributed by atoms with Crippen molar-refractivity contribution < 1.29 is 9.53 Å². The van der Waals surface area contributed by atoms with Gasteiger partial charge in [-0.1, -0.05) is 18.7 Å². The monoisotopic (exact) mass is 554 g/mol. The van der Waals surface area contributed by atoms with Crippen molar-refractivity contribution in [3.8, 4) is 11.4 Å². The van der Waals surface area contributed by atoms with E-state index < -0.39 is 0 Å². The second-order valence-corrected chi connectivity index (χ2v) is 9.80. The third kappa shape index (κ3) is 6.44. The fraction of sp³-hybridized carbons (Fsp3) is 0.276. The molecule has 0 unspecified atom stereocenters. The van der Waals surface area contributed by atoms with Crippen LogP contribution in [-0.4, -0.2) is 76.1 Å². The fourth-order valence-electron chi connectivity index (χ4n) is 4.85. The zero-order chi connectivity index (χ0) is 28.8. The maximum Gasteiger partial charge on any atom is 0.247 e. The molecule has 0 aliphatic carbocycles. The lowest BCUT2D eigenvalue weighted by atomic mass is 10.0. The summed E-state index contributed by atoms with van der Waals surface area (Å²) in [4.78, 5) is 27.5. The molecule has 1 fully saturated rings. The van der Waals surface area contributed by atoms with Crippen LogP contribution in [0.1, 0.15) is 12.8 Å². The molecule has 0 saturated carbocycles. The number of para-hydroxylation sites is 2. The molecule has 41 heavy (non-hydrogen) atoms. The van der Waals surface area contributed by atoms with Gasteiger partial charge in [0.05, 0.1) is 42.3 Å². The highest BCUT2D eigenvalue weighted by molar-refractivity contribution is 6.02. The molecule has 0 radical (unpaired) electrons. The fourth-order valence-corrected chi connectivity index (χ4v) is 4.85. The van der Waals surface area contributed by atoms with Crippen LogP contribution in [0.2, 0.25) is 0 Å². The highest BCUT2D eigenvalue weighted by atomic mass is 16.5. The summed E-state index contributed by atoms with van der Waals surface area (Å²) < 4.78 is 5.76. The van der Waals surface area contributed by atoms with Crippen molar-refractivity contribution in [3.63, 3.8) is 0 Å². The lowest BCUT2D eigenvalue weighted by Gasteiger charge is -2.37. The minimum absolute atomic E-state index is 0.293. The van der Waals surface area contributed by atoms with Gasteiger partial charge in [-0.25, -0.2) is 4.98 Å². The zero-order valence-electron chi connectivity index (χ0n) is 23.4. The maximum atomic E-state index is 12.4. The van der Waals surface area contributed by atoms with Crippen LogP contribution in [0.4, 0.5) is 34.5 Å². The molecule has 4 aromatic rings. The van der Waals surface area contributed by atoms with Crippen LogP contribution in [-0.2, 0) is 4.79 Å². The number of hydrogen-bond acceptors (Lipinski definition) is 10. The summed E-state index contributed by atoms with van der Waals surface area (Å²) in [6.07, 6.45) is 8.21. The number of anilines is 6. The van der Waals surface area contributed by atoms with Crippen molar-refractivity contribution in [2.45, 2.75) is 18.9 Å². The van der Waals surface area contributed by atoms with E-state index in [1.165, 1.54) is 10.9 Å². The van der Waals surface area contributed by atoms with Gasteiger partial charge in [-0.05, 0) is 57.3 Å². The summed E-state index contributed by atoms with van der Waals surface area (Å²) in [6, 6.07) is 13.8. The third-order valence-corrected chi connectivity index (χ3v) is 7.00. The maximum absolute atomic E-state index is 12.4. The average molecular weight is 555 g/mol. The standard InChI is InChI=1S/C29H34N10O2/c1-5-28(40)34-22-18-23(26(41-4)19-25(22)38-16-11-20(12-17-38)37(2)3)35-29-30-13-10-27(36-29)33-21-8-6-7-9-24(21)39-31-14-15-32-39/h5-10,13-15,18-20H,1,11-12,16-17H2,2-4H3,(H,34,40)(H2,30,33,35,36). The Hall–Kier alpha value is -4.97. The van der Waals surface area contributed by atoms with Crippen LogP contribution in [0.5, 0.6) is 5.75 Å². The summed E-state index contributed by atoms with van der Waals surface area (Å²) in [7, 11) is 5.84. The van der Waals surface area contributed by atoms with Crippen molar-refractivity contribution in [2.75, 3.05) is 55.1 Å². The van der Waals surface area contributed by atoms with Crippen molar-refractivity contribution in [3.05, 3.63) is 73.7 Å². The lowest BCUT2D eigenvalue weighted by molar-refractivity contribution is -0.111. The SMILES string of the molecule is C=CC(=O)Nc1cc(Nc2nccc(Nc3ccccc3-n3nccn3)n2)c(OC)cc1N1CCC(N(C)C)CC1. The molecule has 0 bridgehead atoms. The summed E-state index contributed by atoms with van der Waals surface area (Å²) in [5.74, 6) is 1.23. The second-order valence-electron chi connectivity index (χ2n) is 9.80. The van der Waals surface area contributed by atoms with E-state index in [-0.39, 0.29) is 5.91 Å². The Morgan fingerprint density at radius 1 is 1.00 bits per heavy atom. The van der Waals surface area contributed by atoms with Gasteiger partial charge in [-0.3, -0.25) is 4.79 Å². The first-order valence-electron chi connectivity index (χ1n) is 13.3. The number of hydrogen-bond donors (Lipinski definition) is 3. The molecule has 12 heteroatoms. The van der Waals surface area contributed by atoms with Gasteiger partial charge in [0.25, 0.3) is 0 Å². The summed E-state index contributed by atoms with van der Waals surface area (Å²) in [5.41, 5.74) is 3.70. The first-order chi connectivity index (χ1) is 19.9. The summed E-state index contributed by atoms with van der Waals surface area (Å²) >= 11 is 0. The van der Waals surface area contributed by atoms with Gasteiger partial charge in [0, 0.05) is 31.4 Å². The molecule has 12 nitrogen and oxygen atoms in total. The molecule has 1 saturated heterocycles. The molecule has 2 aromatic carbocycles. The summed E-state index contributed by atoms with van der Waals surface area (Å²) in [5, 5.41) is 18.0. The smallest absolute Gasteiger partial charge is 0.247 e. The van der Waals surface area contributed by atoms with Gasteiger partial charge in [0.2, 0.25) is 11.9 Å². The van der Waals surface area contributed by atoms with Crippen molar-refractivity contribution >= 4 is 40.4 Å². The minimum Gasteiger partial charge on any atom is -0.494 e. The molecule has 1 aliphatic rings. The van der Waals surface area contributed by atoms with Crippen molar-refractivity contribution in [2.24, 2.45) is 0 Å². The van der Waals surface area contributed by atoms with E-state index in [1.54, 1.807) is 31.8 Å². The lowest BCUT2D eigenvalue weighted by Crippen LogP contribution is -2.42. The van der Waals surface area contributed by atoms with E-state index >= 15 is 0 Å². The topological polar surface area (TPSA) is 125 Å². The summed E-state index contributed by atoms with van der Waals surface area (Å²) in [6.45, 7) is 5.34. The molecule has 2 aromatic heterocycles. The van der Waals surface area contributed by atoms with Gasteiger partial charge >= 0.3 is 0 Å². The van der Waals surface area contributed by atoms with Crippen LogP contribution in [0.15, 0.2) is 73.7 Å². The highest BCUT2D eigenvalue weighted by Gasteiger charge is 2.24. The van der Waals surface area contributed by atoms with Gasteiger partial charge < -0.3 is 30.5 Å². The Kier molecular flexibility index (Phi) is 8.39. The molecule has 0 atom stereocenters. The minimum atomic E-state index is -0.293. The molecule has 1 amide bonds. The first-order valence-corrected chi connectivity index (χ1v) is 13.3. The molecule has 3 heterocycles. The van der Waals surface area contributed by atoms with Crippen LogP contribution in [0.3, 0.4) is 0 Å². The highest BCUT2D eigenvalue weighted by Crippen LogP contribution is 2.39. The quantitative estimate of drug-likeness (QED) is 0.246. The van der Waals surface area contributed by atoms with Gasteiger partial charge in [0.1, 0.15) is 17.3 Å². The number of benzene rings is 2. The Morgan fingerprint density at radius 2 is 1.76 bits per heavy atom. The van der Waals surface area contributed by atoms with Crippen LogP contribution in [0, 0.1) is 0 Å². The number of carbonyl (C=O) groups is 1. The number of piperidine rings is 1. The molecular formula is C29H34N10O2. The van der Waals surface area contributed by atoms with Gasteiger partial charge in [-0.2, -0.15) is 15.2 Å². The molecule has 1 aliphatic heterocycles. The zero-order valence-corrected chi connectivity index (χ0v) is 23.4. The van der Waals surface area contributed by atoms with E-state index in [2.05, 4.69) is 66.6 Å². The van der Waals surface area contributed by atoms with Gasteiger partial charge in [0.15, 0.2) is 0 Å². The number of nitrogens with one attached hydrogen (secondary N) is 3. The molecular weight excluding hydrogens is 520 g/mol. The Bertz CT molecular complexity index is 1500. The Morgan fingerprint density at radius 3 is 2.46 bits per heavy atom. The van der Waals surface area contributed by atoms with E-state index in [0.717, 1.165) is 43.0 Å². The van der Waals surface area contributed by atoms with Crippen molar-refractivity contribution in [1.29, 1.82) is 0 Å². The number of ether oxygens (including phenoxy) is 1. The third-order valence-electron chi connectivity index (χ3n) is 7.00. The average Bonchev–Trinajstić information content (AvgIpc) is 3.53. The normalized spacial score (nSPS) is 13.6. The van der Waals surface area contributed by atoms with E-state index in [0.29, 0.717) is 34.9 Å². The predicted octanol–water partition coefficient (Wildman–Crippen LogP) is 4.21. The van der Waals surface area contributed by atoms with Crippen LogP contribution < -0.4 is 25.6 Å². The molecule has 0 spiro atoms. The second kappa shape index (κ2) is 12.5. The number of methoxy groups -OCH3 is 1. The predicted molar refractivity (Wildman–Crippen MR) is 161 cm³/mol.